The molecule has 0 aromatic carbocycles. The Labute approximate surface area is 82.1 Å². The number of hydrogen-bond acceptors (Lipinski definition) is 5. The van der Waals surface area contributed by atoms with Crippen LogP contribution in [-0.2, 0) is 9.53 Å². The maximum Gasteiger partial charge on any atom is 0.432 e. The molecule has 0 aromatic heterocycles. The van der Waals surface area contributed by atoms with Crippen LogP contribution in [0.5, 0.6) is 0 Å². The number of amides is 1. The summed E-state index contributed by atoms with van der Waals surface area (Å²) in [6.45, 7) is 6.28. The topological polar surface area (TPSA) is 78.9 Å². The third-order valence-corrected chi connectivity index (χ3v) is 1.33. The zero-order valence-corrected chi connectivity index (χ0v) is 8.24. The standard InChI is InChI=1S/C8H14N2O4/c1-4-10(9-5-11)8(13)14-7(12)6(2)3/h9,11H,2,4-5H2,1,3H3. The minimum atomic E-state index is -0.866. The molecule has 0 saturated heterocycles. The van der Waals surface area contributed by atoms with Gasteiger partial charge in [-0.3, -0.25) is 0 Å². The fraction of sp³-hybridized carbons (Fsp3) is 0.500. The molecule has 80 valence electrons. The summed E-state index contributed by atoms with van der Waals surface area (Å²) in [5.74, 6) is -0.784. The number of aliphatic hydroxyl groups excluding tert-OH is 1. The quantitative estimate of drug-likeness (QED) is 0.220. The van der Waals surface area contributed by atoms with Crippen LogP contribution in [0, 0.1) is 0 Å². The summed E-state index contributed by atoms with van der Waals surface area (Å²) in [5, 5.41) is 9.47. The van der Waals surface area contributed by atoms with Crippen LogP contribution in [-0.4, -0.2) is 35.5 Å². The molecule has 0 rings (SSSR count). The maximum atomic E-state index is 11.1. The first-order chi connectivity index (χ1) is 6.52. The van der Waals surface area contributed by atoms with E-state index in [0.29, 0.717) is 0 Å². The molecular weight excluding hydrogens is 188 g/mol. The molecule has 6 nitrogen and oxygen atoms in total. The lowest BCUT2D eigenvalue weighted by Gasteiger charge is -2.18. The van der Waals surface area contributed by atoms with Crippen LogP contribution < -0.4 is 5.43 Å². The Kier molecular flexibility index (Phi) is 5.50. The predicted molar refractivity (Wildman–Crippen MR) is 48.9 cm³/mol. The van der Waals surface area contributed by atoms with Gasteiger partial charge in [-0.25, -0.2) is 20.0 Å². The van der Waals surface area contributed by atoms with E-state index in [1.54, 1.807) is 6.92 Å². The zero-order valence-electron chi connectivity index (χ0n) is 8.24. The van der Waals surface area contributed by atoms with Gasteiger partial charge < -0.3 is 9.84 Å². The van der Waals surface area contributed by atoms with Gasteiger partial charge in [0.25, 0.3) is 0 Å². The Morgan fingerprint density at radius 1 is 1.57 bits per heavy atom. The van der Waals surface area contributed by atoms with Crippen LogP contribution in [0.1, 0.15) is 13.8 Å². The Balaban J connectivity index is 4.17. The average Bonchev–Trinajstić information content (AvgIpc) is 2.13. The highest BCUT2D eigenvalue weighted by molar-refractivity contribution is 5.94. The van der Waals surface area contributed by atoms with E-state index in [2.05, 4.69) is 16.7 Å². The number of carbonyl (C=O) groups excluding carboxylic acids is 2. The molecule has 0 atom stereocenters. The second kappa shape index (κ2) is 6.11. The van der Waals surface area contributed by atoms with E-state index >= 15 is 0 Å². The smallest absolute Gasteiger partial charge is 0.380 e. The molecule has 0 fully saturated rings. The zero-order chi connectivity index (χ0) is 11.1. The Bertz CT molecular complexity index is 239. The molecule has 0 spiro atoms. The summed E-state index contributed by atoms with van der Waals surface area (Å²) in [5.41, 5.74) is 2.45. The number of ether oxygens (including phenoxy) is 1. The highest BCUT2D eigenvalue weighted by Gasteiger charge is 2.16. The molecule has 0 saturated carbocycles. The molecule has 1 amide bonds. The number of hydrazine groups is 1. The highest BCUT2D eigenvalue weighted by atomic mass is 16.6. The second-order valence-corrected chi connectivity index (χ2v) is 2.50. The van der Waals surface area contributed by atoms with Gasteiger partial charge in [-0.1, -0.05) is 6.58 Å². The fourth-order valence-corrected chi connectivity index (χ4v) is 0.612. The predicted octanol–water partition coefficient (Wildman–Crippen LogP) is 0.00200. The first-order valence-electron chi connectivity index (χ1n) is 4.06. The van der Waals surface area contributed by atoms with Gasteiger partial charge in [0.05, 0.1) is 0 Å². The van der Waals surface area contributed by atoms with Crippen LogP contribution in [0.3, 0.4) is 0 Å². The van der Waals surface area contributed by atoms with Crippen molar-refractivity contribution in [1.82, 2.24) is 10.4 Å². The first kappa shape index (κ1) is 12.6. The number of rotatable bonds is 4. The Morgan fingerprint density at radius 2 is 2.14 bits per heavy atom. The van der Waals surface area contributed by atoms with Crippen molar-refractivity contribution in [3.8, 4) is 0 Å². The molecule has 14 heavy (non-hydrogen) atoms. The molecular formula is C8H14N2O4. The number of hydrogen-bond donors (Lipinski definition) is 2. The SMILES string of the molecule is C=C(C)C(=O)OC(=O)N(CC)NCO. The maximum absolute atomic E-state index is 11.1. The van der Waals surface area contributed by atoms with Gasteiger partial charge in [0, 0.05) is 12.1 Å². The fourth-order valence-electron chi connectivity index (χ4n) is 0.612. The summed E-state index contributed by atoms with van der Waals surface area (Å²) in [6, 6.07) is 0. The molecule has 0 aliphatic rings. The summed E-state index contributed by atoms with van der Waals surface area (Å²) in [7, 11) is 0. The second-order valence-electron chi connectivity index (χ2n) is 2.50. The van der Waals surface area contributed by atoms with Crippen molar-refractivity contribution in [2.45, 2.75) is 13.8 Å². The Morgan fingerprint density at radius 3 is 2.50 bits per heavy atom. The monoisotopic (exact) mass is 202 g/mol. The molecule has 0 radical (unpaired) electrons. The van der Waals surface area contributed by atoms with E-state index in [4.69, 9.17) is 5.11 Å². The normalized spacial score (nSPS) is 9.36. The van der Waals surface area contributed by atoms with Crippen molar-refractivity contribution in [2.24, 2.45) is 0 Å². The number of aliphatic hydroxyl groups is 1. The molecule has 0 aliphatic heterocycles. The van der Waals surface area contributed by atoms with Crippen molar-refractivity contribution < 1.29 is 19.4 Å². The van der Waals surface area contributed by atoms with Crippen molar-refractivity contribution in [3.05, 3.63) is 12.2 Å². The van der Waals surface area contributed by atoms with Crippen molar-refractivity contribution >= 4 is 12.1 Å². The van der Waals surface area contributed by atoms with Gasteiger partial charge in [0.2, 0.25) is 0 Å². The summed E-state index contributed by atoms with van der Waals surface area (Å²) >= 11 is 0. The highest BCUT2D eigenvalue weighted by Crippen LogP contribution is 1.96. The summed E-state index contributed by atoms with van der Waals surface area (Å²) in [4.78, 5) is 22.1. The van der Waals surface area contributed by atoms with Gasteiger partial charge in [-0.05, 0) is 13.8 Å². The third kappa shape index (κ3) is 4.01. The molecule has 0 aromatic rings. The van der Waals surface area contributed by atoms with E-state index in [9.17, 15) is 9.59 Å². The van der Waals surface area contributed by atoms with Crippen molar-refractivity contribution in [2.75, 3.05) is 13.3 Å². The molecule has 0 unspecified atom stereocenters. The molecule has 6 heteroatoms. The number of esters is 1. The van der Waals surface area contributed by atoms with Crippen LogP contribution in [0.2, 0.25) is 0 Å². The number of nitrogens with one attached hydrogen (secondary N) is 1. The first-order valence-corrected chi connectivity index (χ1v) is 4.06. The van der Waals surface area contributed by atoms with Gasteiger partial charge in [0.15, 0.2) is 0 Å². The van der Waals surface area contributed by atoms with Gasteiger partial charge in [-0.2, -0.15) is 0 Å². The van der Waals surface area contributed by atoms with E-state index < -0.39 is 18.8 Å². The van der Waals surface area contributed by atoms with Crippen molar-refractivity contribution in [3.63, 3.8) is 0 Å². The third-order valence-electron chi connectivity index (χ3n) is 1.33. The lowest BCUT2D eigenvalue weighted by Crippen LogP contribution is -2.44. The Hall–Kier alpha value is -1.40. The van der Waals surface area contributed by atoms with Gasteiger partial charge in [0.1, 0.15) is 6.73 Å². The molecule has 0 heterocycles. The largest absolute Gasteiger partial charge is 0.432 e. The van der Waals surface area contributed by atoms with E-state index in [0.717, 1.165) is 5.01 Å². The average molecular weight is 202 g/mol. The summed E-state index contributed by atoms with van der Waals surface area (Å²) in [6.07, 6.45) is -0.866. The van der Waals surface area contributed by atoms with E-state index in [1.807, 2.05) is 0 Å². The minimum absolute atomic E-state index is 0.137. The number of carbonyl (C=O) groups is 2. The molecule has 0 bridgehead atoms. The molecule has 2 N–H and O–H groups in total. The van der Waals surface area contributed by atoms with Crippen LogP contribution in [0.25, 0.3) is 0 Å². The minimum Gasteiger partial charge on any atom is -0.380 e. The van der Waals surface area contributed by atoms with Crippen LogP contribution in [0.4, 0.5) is 4.79 Å². The van der Waals surface area contributed by atoms with Crippen molar-refractivity contribution in [1.29, 1.82) is 0 Å². The lowest BCUT2D eigenvalue weighted by molar-refractivity contribution is -0.134. The molecule has 0 aliphatic carbocycles. The van der Waals surface area contributed by atoms with Crippen LogP contribution >= 0.6 is 0 Å². The van der Waals surface area contributed by atoms with Gasteiger partial charge >= 0.3 is 12.1 Å². The number of nitrogens with zero attached hydrogens (tertiary/aromatic N) is 1. The van der Waals surface area contributed by atoms with Gasteiger partial charge in [-0.15, -0.1) is 0 Å². The lowest BCUT2D eigenvalue weighted by atomic mass is 10.4. The summed E-state index contributed by atoms with van der Waals surface area (Å²) < 4.78 is 4.39. The van der Waals surface area contributed by atoms with E-state index in [-0.39, 0.29) is 12.1 Å². The van der Waals surface area contributed by atoms with Crippen LogP contribution in [0.15, 0.2) is 12.2 Å². The van der Waals surface area contributed by atoms with E-state index in [1.165, 1.54) is 6.92 Å².